The number of hydrogen-bond acceptors (Lipinski definition) is 2. The lowest BCUT2D eigenvalue weighted by Crippen LogP contribution is -2.38. The summed E-state index contributed by atoms with van der Waals surface area (Å²) in [4.78, 5) is 11.4. The highest BCUT2D eigenvalue weighted by atomic mass is 19.2. The van der Waals surface area contributed by atoms with Crippen molar-refractivity contribution < 1.29 is 13.6 Å². The first-order valence-electron chi connectivity index (χ1n) is 5.88. The van der Waals surface area contributed by atoms with E-state index >= 15 is 0 Å². The summed E-state index contributed by atoms with van der Waals surface area (Å²) in [5.74, 6) is -1.93. The van der Waals surface area contributed by atoms with Gasteiger partial charge < -0.3 is 10.6 Å². The highest BCUT2D eigenvalue weighted by Crippen LogP contribution is 2.18. The third kappa shape index (κ3) is 4.07. The van der Waals surface area contributed by atoms with Crippen molar-refractivity contribution in [1.82, 2.24) is 10.6 Å². The van der Waals surface area contributed by atoms with Gasteiger partial charge >= 0.3 is 0 Å². The van der Waals surface area contributed by atoms with Crippen LogP contribution in [0.1, 0.15) is 32.4 Å². The third-order valence-electron chi connectivity index (χ3n) is 2.47. The molecule has 0 saturated heterocycles. The molecule has 1 aromatic carbocycles. The Kier molecular flexibility index (Phi) is 5.22. The highest BCUT2D eigenvalue weighted by Gasteiger charge is 2.14. The number of hydrogen-bond donors (Lipinski definition) is 2. The highest BCUT2D eigenvalue weighted by molar-refractivity contribution is 5.78. The van der Waals surface area contributed by atoms with Gasteiger partial charge in [0.2, 0.25) is 5.91 Å². The molecule has 1 rings (SSSR count). The Labute approximate surface area is 106 Å². The maximum atomic E-state index is 13.5. The summed E-state index contributed by atoms with van der Waals surface area (Å²) in [5, 5.41) is 5.56. The first kappa shape index (κ1) is 14.6. The van der Waals surface area contributed by atoms with Gasteiger partial charge in [-0.1, -0.05) is 12.1 Å². The van der Waals surface area contributed by atoms with E-state index in [0.717, 1.165) is 6.07 Å². The molecule has 1 atom stereocenters. The Bertz CT molecular complexity index is 421. The molecule has 100 valence electrons. The van der Waals surface area contributed by atoms with E-state index in [1.165, 1.54) is 12.1 Å². The van der Waals surface area contributed by atoms with Crippen LogP contribution in [-0.4, -0.2) is 18.5 Å². The van der Waals surface area contributed by atoms with Crippen molar-refractivity contribution in [3.05, 3.63) is 35.4 Å². The smallest absolute Gasteiger partial charge is 0.234 e. The Balaban J connectivity index is 2.58. The molecule has 1 unspecified atom stereocenters. The molecule has 5 heteroatoms. The maximum Gasteiger partial charge on any atom is 0.234 e. The van der Waals surface area contributed by atoms with Crippen LogP contribution in [0.2, 0.25) is 0 Å². The molecule has 0 aromatic heterocycles. The van der Waals surface area contributed by atoms with Crippen LogP contribution < -0.4 is 10.6 Å². The fraction of sp³-hybridized carbons (Fsp3) is 0.462. The minimum Gasteiger partial charge on any atom is -0.353 e. The van der Waals surface area contributed by atoms with Gasteiger partial charge in [-0.15, -0.1) is 0 Å². The van der Waals surface area contributed by atoms with Crippen LogP contribution in [-0.2, 0) is 4.79 Å². The fourth-order valence-electron chi connectivity index (χ4n) is 1.58. The molecule has 18 heavy (non-hydrogen) atoms. The average Bonchev–Trinajstić information content (AvgIpc) is 2.29. The van der Waals surface area contributed by atoms with Crippen molar-refractivity contribution in [2.24, 2.45) is 0 Å². The molecular formula is C13H18F2N2O. The zero-order valence-electron chi connectivity index (χ0n) is 10.8. The molecule has 1 aromatic rings. The van der Waals surface area contributed by atoms with Crippen molar-refractivity contribution in [3.63, 3.8) is 0 Å². The molecule has 1 amide bonds. The van der Waals surface area contributed by atoms with Gasteiger partial charge in [-0.25, -0.2) is 8.78 Å². The van der Waals surface area contributed by atoms with Crippen LogP contribution >= 0.6 is 0 Å². The number of nitrogens with one attached hydrogen (secondary N) is 2. The molecule has 0 bridgehead atoms. The van der Waals surface area contributed by atoms with Crippen LogP contribution in [0, 0.1) is 11.6 Å². The van der Waals surface area contributed by atoms with Crippen molar-refractivity contribution in [2.45, 2.75) is 32.9 Å². The van der Waals surface area contributed by atoms with Crippen molar-refractivity contribution in [1.29, 1.82) is 0 Å². The van der Waals surface area contributed by atoms with E-state index in [1.54, 1.807) is 6.92 Å². The van der Waals surface area contributed by atoms with Crippen LogP contribution in [0.3, 0.4) is 0 Å². The van der Waals surface area contributed by atoms with Gasteiger partial charge in [-0.05, 0) is 26.8 Å². The van der Waals surface area contributed by atoms with Gasteiger partial charge in [0, 0.05) is 17.6 Å². The van der Waals surface area contributed by atoms with Crippen LogP contribution in [0.4, 0.5) is 8.78 Å². The summed E-state index contributed by atoms with van der Waals surface area (Å²) < 4.78 is 26.5. The van der Waals surface area contributed by atoms with Crippen molar-refractivity contribution in [3.8, 4) is 0 Å². The normalized spacial score (nSPS) is 12.6. The van der Waals surface area contributed by atoms with E-state index in [-0.39, 0.29) is 24.1 Å². The first-order valence-corrected chi connectivity index (χ1v) is 5.88. The minimum absolute atomic E-state index is 0.0560. The molecule has 0 fully saturated rings. The quantitative estimate of drug-likeness (QED) is 0.847. The Hall–Kier alpha value is -1.49. The monoisotopic (exact) mass is 256 g/mol. The van der Waals surface area contributed by atoms with E-state index < -0.39 is 17.7 Å². The zero-order valence-corrected chi connectivity index (χ0v) is 10.8. The molecule has 0 radical (unpaired) electrons. The largest absolute Gasteiger partial charge is 0.353 e. The molecule has 0 aliphatic heterocycles. The first-order chi connectivity index (χ1) is 8.41. The van der Waals surface area contributed by atoms with Gasteiger partial charge in [0.1, 0.15) is 0 Å². The molecule has 0 aliphatic carbocycles. The number of halogens is 2. The lowest BCUT2D eigenvalue weighted by Gasteiger charge is -2.16. The maximum absolute atomic E-state index is 13.5. The molecule has 0 spiro atoms. The van der Waals surface area contributed by atoms with Gasteiger partial charge in [-0.3, -0.25) is 4.79 Å². The number of amides is 1. The number of carbonyl (C=O) groups is 1. The van der Waals surface area contributed by atoms with Crippen LogP contribution in [0.15, 0.2) is 18.2 Å². The summed E-state index contributed by atoms with van der Waals surface area (Å²) in [6.45, 7) is 5.46. The Morgan fingerprint density at radius 2 is 1.94 bits per heavy atom. The number of carbonyl (C=O) groups excluding carboxylic acids is 1. The third-order valence-corrected chi connectivity index (χ3v) is 2.47. The molecule has 0 saturated carbocycles. The predicted molar refractivity (Wildman–Crippen MR) is 66.1 cm³/mol. The molecule has 0 aliphatic rings. The lowest BCUT2D eigenvalue weighted by atomic mass is 10.1. The average molecular weight is 256 g/mol. The standard InChI is InChI=1S/C13H18F2N2O/c1-8(2)17-12(18)7-16-9(3)10-5-4-6-11(14)13(10)15/h4-6,8-9,16H,7H2,1-3H3,(H,17,18). The molecular weight excluding hydrogens is 238 g/mol. The van der Waals surface area contributed by atoms with Gasteiger partial charge in [0.25, 0.3) is 0 Å². The zero-order chi connectivity index (χ0) is 13.7. The number of rotatable bonds is 5. The van der Waals surface area contributed by atoms with E-state index in [0.29, 0.717) is 0 Å². The topological polar surface area (TPSA) is 41.1 Å². The number of benzene rings is 1. The minimum atomic E-state index is -0.882. The fourth-order valence-corrected chi connectivity index (χ4v) is 1.58. The SMILES string of the molecule is CC(C)NC(=O)CNC(C)c1cccc(F)c1F. The van der Waals surface area contributed by atoms with Crippen LogP contribution in [0.25, 0.3) is 0 Å². The second-order valence-corrected chi connectivity index (χ2v) is 4.47. The summed E-state index contributed by atoms with van der Waals surface area (Å²) in [6.07, 6.45) is 0. The summed E-state index contributed by atoms with van der Waals surface area (Å²) in [5.41, 5.74) is 0.215. The van der Waals surface area contributed by atoms with Gasteiger partial charge in [-0.2, -0.15) is 0 Å². The predicted octanol–water partition coefficient (Wildman–Crippen LogP) is 2.14. The lowest BCUT2D eigenvalue weighted by molar-refractivity contribution is -0.120. The van der Waals surface area contributed by atoms with Crippen molar-refractivity contribution >= 4 is 5.91 Å². The van der Waals surface area contributed by atoms with E-state index in [4.69, 9.17) is 0 Å². The summed E-state index contributed by atoms with van der Waals surface area (Å²) >= 11 is 0. The van der Waals surface area contributed by atoms with E-state index in [9.17, 15) is 13.6 Å². The van der Waals surface area contributed by atoms with Crippen molar-refractivity contribution in [2.75, 3.05) is 6.54 Å². The summed E-state index contributed by atoms with van der Waals surface area (Å²) in [6, 6.07) is 3.63. The molecule has 2 N–H and O–H groups in total. The Morgan fingerprint density at radius 1 is 1.28 bits per heavy atom. The Morgan fingerprint density at radius 3 is 2.56 bits per heavy atom. The second-order valence-electron chi connectivity index (χ2n) is 4.47. The van der Waals surface area contributed by atoms with Gasteiger partial charge in [0.05, 0.1) is 6.54 Å². The summed E-state index contributed by atoms with van der Waals surface area (Å²) in [7, 11) is 0. The second kappa shape index (κ2) is 6.44. The van der Waals surface area contributed by atoms with E-state index in [2.05, 4.69) is 10.6 Å². The molecule has 0 heterocycles. The molecule has 3 nitrogen and oxygen atoms in total. The van der Waals surface area contributed by atoms with Crippen LogP contribution in [0.5, 0.6) is 0 Å². The van der Waals surface area contributed by atoms with Gasteiger partial charge in [0.15, 0.2) is 11.6 Å². The van der Waals surface area contributed by atoms with E-state index in [1.807, 2.05) is 13.8 Å².